The van der Waals surface area contributed by atoms with Crippen LogP contribution in [0.1, 0.15) is 60.0 Å². The quantitative estimate of drug-likeness (QED) is 0.113. The van der Waals surface area contributed by atoms with Gasteiger partial charge in [-0.15, -0.1) is 0 Å². The number of carbonyl (C=O) groups is 1. The first-order valence-corrected chi connectivity index (χ1v) is 13.9. The minimum absolute atomic E-state index is 0.176. The summed E-state index contributed by atoms with van der Waals surface area (Å²) in [5.41, 5.74) is 3.66. The lowest BCUT2D eigenvalue weighted by Crippen LogP contribution is -2.48. The van der Waals surface area contributed by atoms with Crippen LogP contribution in [-0.2, 0) is 19.6 Å². The van der Waals surface area contributed by atoms with E-state index < -0.39 is 0 Å². The molecule has 0 amide bonds. The number of methoxy groups -OCH3 is 1. The van der Waals surface area contributed by atoms with Crippen molar-refractivity contribution in [3.05, 3.63) is 71.8 Å². The zero-order chi connectivity index (χ0) is 26.5. The van der Waals surface area contributed by atoms with E-state index in [0.717, 1.165) is 34.8 Å². The average Bonchev–Trinajstić information content (AvgIpc) is 2.91. The minimum atomic E-state index is -0.381. The van der Waals surface area contributed by atoms with Crippen molar-refractivity contribution in [1.29, 1.82) is 0 Å². The van der Waals surface area contributed by atoms with E-state index in [1.54, 1.807) is 25.3 Å². The van der Waals surface area contributed by atoms with Crippen LogP contribution in [0.4, 0.5) is 5.69 Å². The Morgan fingerprint density at radius 3 is 2.32 bits per heavy atom. The second-order valence-corrected chi connectivity index (χ2v) is 11.4. The summed E-state index contributed by atoms with van der Waals surface area (Å²) in [5, 5.41) is 3.29. The van der Waals surface area contributed by atoms with E-state index >= 15 is 0 Å². The van der Waals surface area contributed by atoms with E-state index in [0.29, 0.717) is 23.8 Å². The van der Waals surface area contributed by atoms with Crippen molar-refractivity contribution >= 4 is 28.9 Å². The Labute approximate surface area is 230 Å². The number of carbonyl (C=O) groups excluding carboxylic acids is 1. The molecular formula is C31H37NO5S. The van der Waals surface area contributed by atoms with Crippen LogP contribution in [-0.4, -0.2) is 44.7 Å². The summed E-state index contributed by atoms with van der Waals surface area (Å²) in [6.45, 7) is 4.94. The van der Waals surface area contributed by atoms with Crippen LogP contribution in [0.3, 0.4) is 0 Å². The van der Waals surface area contributed by atoms with Gasteiger partial charge in [-0.25, -0.2) is 4.79 Å². The maximum Gasteiger partial charge on any atom is 0.338 e. The predicted molar refractivity (Wildman–Crippen MR) is 152 cm³/mol. The lowest BCUT2D eigenvalue weighted by atomic mass is 9.48. The van der Waals surface area contributed by atoms with Crippen LogP contribution in [0.15, 0.2) is 55.1 Å². The van der Waals surface area contributed by atoms with Gasteiger partial charge in [0.1, 0.15) is 17.3 Å². The Balaban J connectivity index is 1.33. The number of rotatable bonds is 12. The van der Waals surface area contributed by atoms with E-state index in [4.69, 9.17) is 31.2 Å². The van der Waals surface area contributed by atoms with Crippen LogP contribution in [0.2, 0.25) is 0 Å². The molecule has 1 N–H and O–H groups in total. The monoisotopic (exact) mass is 535 g/mol. The van der Waals surface area contributed by atoms with Crippen LogP contribution in [0, 0.1) is 17.8 Å². The number of hydrogen-bond donors (Lipinski definition) is 1. The molecule has 0 unspecified atom stereocenters. The van der Waals surface area contributed by atoms with Gasteiger partial charge < -0.3 is 24.3 Å². The summed E-state index contributed by atoms with van der Waals surface area (Å²) >= 11 is 5.77. The molecule has 6 nitrogen and oxygen atoms in total. The summed E-state index contributed by atoms with van der Waals surface area (Å²) in [5.74, 6) is 3.00. The van der Waals surface area contributed by atoms with Crippen molar-refractivity contribution in [2.24, 2.45) is 17.8 Å². The molecule has 2 aromatic carbocycles. The average molecular weight is 536 g/mol. The van der Waals surface area contributed by atoms with Gasteiger partial charge in [0.05, 0.1) is 18.8 Å². The molecule has 7 heteroatoms. The summed E-state index contributed by atoms with van der Waals surface area (Å²) in [7, 11) is 1.66. The Kier molecular flexibility index (Phi) is 8.46. The lowest BCUT2D eigenvalue weighted by Gasteiger charge is -2.57. The fourth-order valence-corrected chi connectivity index (χ4v) is 7.32. The van der Waals surface area contributed by atoms with Crippen molar-refractivity contribution in [3.63, 3.8) is 0 Å². The highest BCUT2D eigenvalue weighted by molar-refractivity contribution is 7.81. The SMILES string of the molecule is C=CCOC(=O)c1ccc(NC(=S)c2ccc(C34CC5CC(CC(C5)C3)C4)c(OCOCCOC)c2)cc1. The van der Waals surface area contributed by atoms with Crippen LogP contribution >= 0.6 is 12.2 Å². The van der Waals surface area contributed by atoms with Gasteiger partial charge in [0.25, 0.3) is 0 Å². The number of nitrogens with one attached hydrogen (secondary N) is 1. The summed E-state index contributed by atoms with van der Waals surface area (Å²) in [6.07, 6.45) is 9.49. The maximum absolute atomic E-state index is 12.1. The normalized spacial score (nSPS) is 25.1. The number of benzene rings is 2. The van der Waals surface area contributed by atoms with Crippen LogP contribution < -0.4 is 10.1 Å². The van der Waals surface area contributed by atoms with Gasteiger partial charge in [-0.1, -0.05) is 37.0 Å². The third-order valence-electron chi connectivity index (χ3n) is 8.29. The van der Waals surface area contributed by atoms with E-state index in [-0.39, 0.29) is 24.8 Å². The fraction of sp³-hybridized carbons (Fsp3) is 0.484. The van der Waals surface area contributed by atoms with Crippen molar-refractivity contribution in [2.45, 2.75) is 43.9 Å². The molecule has 2 aromatic rings. The molecule has 4 aliphatic carbocycles. The van der Waals surface area contributed by atoms with Crippen molar-refractivity contribution < 1.29 is 23.7 Å². The van der Waals surface area contributed by atoms with Crippen LogP contribution in [0.25, 0.3) is 0 Å². The largest absolute Gasteiger partial charge is 0.467 e. The molecule has 0 aliphatic heterocycles. The van der Waals surface area contributed by atoms with Crippen LogP contribution in [0.5, 0.6) is 5.75 Å². The lowest BCUT2D eigenvalue weighted by molar-refractivity contribution is -0.0189. The molecule has 0 radical (unpaired) electrons. The highest BCUT2D eigenvalue weighted by Crippen LogP contribution is 2.61. The molecule has 4 fully saturated rings. The standard InChI is InChI=1S/C31H37NO5S/c1-3-10-36-30(33)24-4-7-26(8-5-24)32-29(38)25-6-9-27(28(16-25)37-20-35-12-11-34-2)31-17-21-13-22(18-31)15-23(14-21)19-31/h3-9,16,21-23H,1,10-15,17-20H2,2H3,(H,32,38). The van der Waals surface area contributed by atoms with Gasteiger partial charge >= 0.3 is 5.97 Å². The Bertz CT molecular complexity index is 1130. The summed E-state index contributed by atoms with van der Waals surface area (Å²) in [4.78, 5) is 12.6. The molecule has 0 spiro atoms. The predicted octanol–water partition coefficient (Wildman–Crippen LogP) is 6.28. The number of hydrogen-bond acceptors (Lipinski definition) is 6. The molecule has 0 aromatic heterocycles. The summed E-state index contributed by atoms with van der Waals surface area (Å²) in [6, 6.07) is 13.5. The molecule has 38 heavy (non-hydrogen) atoms. The van der Waals surface area contributed by atoms with E-state index in [1.807, 2.05) is 12.1 Å². The van der Waals surface area contributed by atoms with Gasteiger partial charge in [0.2, 0.25) is 0 Å². The van der Waals surface area contributed by atoms with Crippen molar-refractivity contribution in [1.82, 2.24) is 0 Å². The van der Waals surface area contributed by atoms with E-state index in [1.165, 1.54) is 44.1 Å². The molecule has 0 atom stereocenters. The first-order valence-electron chi connectivity index (χ1n) is 13.5. The smallest absolute Gasteiger partial charge is 0.338 e. The Hall–Kier alpha value is -2.74. The third kappa shape index (κ3) is 5.95. The van der Waals surface area contributed by atoms with Crippen molar-refractivity contribution in [2.75, 3.05) is 39.0 Å². The highest BCUT2D eigenvalue weighted by Gasteiger charge is 2.52. The number of ether oxygens (including phenoxy) is 4. The zero-order valence-electron chi connectivity index (χ0n) is 22.1. The topological polar surface area (TPSA) is 66.0 Å². The van der Waals surface area contributed by atoms with Gasteiger partial charge in [0, 0.05) is 23.9 Å². The molecule has 4 aliphatic rings. The first-order chi connectivity index (χ1) is 18.5. The fourth-order valence-electron chi connectivity index (χ4n) is 7.08. The second-order valence-electron chi connectivity index (χ2n) is 11.0. The molecular weight excluding hydrogens is 498 g/mol. The molecule has 4 bridgehead atoms. The number of esters is 1. The number of anilines is 1. The highest BCUT2D eigenvalue weighted by atomic mass is 32.1. The van der Waals surface area contributed by atoms with E-state index in [2.05, 4.69) is 30.1 Å². The van der Waals surface area contributed by atoms with Gasteiger partial charge in [-0.2, -0.15) is 0 Å². The molecule has 0 heterocycles. The molecule has 4 saturated carbocycles. The molecule has 6 rings (SSSR count). The Morgan fingerprint density at radius 2 is 1.68 bits per heavy atom. The first kappa shape index (κ1) is 26.9. The van der Waals surface area contributed by atoms with Gasteiger partial charge in [0.15, 0.2) is 6.79 Å². The summed E-state index contributed by atoms with van der Waals surface area (Å²) < 4.78 is 22.1. The van der Waals surface area contributed by atoms with E-state index in [9.17, 15) is 4.79 Å². The minimum Gasteiger partial charge on any atom is -0.467 e. The zero-order valence-corrected chi connectivity index (χ0v) is 22.9. The van der Waals surface area contributed by atoms with Gasteiger partial charge in [-0.05, 0) is 92.0 Å². The Morgan fingerprint density at radius 1 is 1.03 bits per heavy atom. The number of thiocarbonyl (C=S) groups is 1. The third-order valence-corrected chi connectivity index (χ3v) is 8.63. The second kappa shape index (κ2) is 12.0. The molecule has 202 valence electrons. The maximum atomic E-state index is 12.1. The van der Waals surface area contributed by atoms with Crippen molar-refractivity contribution in [3.8, 4) is 5.75 Å². The van der Waals surface area contributed by atoms with Gasteiger partial charge in [-0.3, -0.25) is 0 Å². The molecule has 0 saturated heterocycles.